The third-order valence-electron chi connectivity index (χ3n) is 2.85. The molecule has 0 aliphatic heterocycles. The fraction of sp³-hybridized carbons (Fsp3) is 0.462. The molecule has 3 N–H and O–H groups in total. The number of benzene rings is 1. The van der Waals surface area contributed by atoms with E-state index in [0.29, 0.717) is 37.1 Å². The van der Waals surface area contributed by atoms with Crippen molar-refractivity contribution in [3.63, 3.8) is 0 Å². The van der Waals surface area contributed by atoms with Gasteiger partial charge in [0.2, 0.25) is 0 Å². The second-order valence-corrected chi connectivity index (χ2v) is 5.12. The minimum absolute atomic E-state index is 0.172. The van der Waals surface area contributed by atoms with Crippen LogP contribution in [0.2, 0.25) is 0 Å². The molecule has 5 nitrogen and oxygen atoms in total. The number of rotatable bonds is 8. The number of nitrogens with zero attached hydrogens (tertiary/aromatic N) is 2. The van der Waals surface area contributed by atoms with E-state index in [2.05, 4.69) is 26.0 Å². The summed E-state index contributed by atoms with van der Waals surface area (Å²) in [4.78, 5) is 2.06. The standard InChI is InChI=1S/C13H19BrFN3O2/c1-20-8-7-18(6-5-12(16)17-19)9-10-3-2-4-11(15)13(10)14/h2-4,19H,5-9H2,1H3,(H2,16,17). The molecule has 0 spiro atoms. The van der Waals surface area contributed by atoms with Crippen molar-refractivity contribution in [1.82, 2.24) is 4.90 Å². The number of amidine groups is 1. The number of hydrogen-bond donors (Lipinski definition) is 2. The maximum absolute atomic E-state index is 13.5. The van der Waals surface area contributed by atoms with Gasteiger partial charge in [0, 0.05) is 33.2 Å². The van der Waals surface area contributed by atoms with Crippen LogP contribution in [0.5, 0.6) is 0 Å². The Labute approximate surface area is 126 Å². The number of oxime groups is 1. The van der Waals surface area contributed by atoms with Crippen LogP contribution in [0.1, 0.15) is 12.0 Å². The summed E-state index contributed by atoms with van der Waals surface area (Å²) in [5.74, 6) is -0.114. The topological polar surface area (TPSA) is 71.1 Å². The molecule has 0 saturated carbocycles. The molecule has 0 fully saturated rings. The van der Waals surface area contributed by atoms with Gasteiger partial charge in [-0.15, -0.1) is 0 Å². The lowest BCUT2D eigenvalue weighted by molar-refractivity contribution is 0.145. The predicted octanol–water partition coefficient (Wildman–Crippen LogP) is 2.17. The Kier molecular flexibility index (Phi) is 7.50. The summed E-state index contributed by atoms with van der Waals surface area (Å²) < 4.78 is 19.0. The van der Waals surface area contributed by atoms with Gasteiger partial charge in [-0.2, -0.15) is 0 Å². The number of methoxy groups -OCH3 is 1. The highest BCUT2D eigenvalue weighted by molar-refractivity contribution is 9.10. The first-order valence-electron chi connectivity index (χ1n) is 6.19. The van der Waals surface area contributed by atoms with Crippen LogP contribution in [-0.4, -0.2) is 42.7 Å². The van der Waals surface area contributed by atoms with Gasteiger partial charge in [0.15, 0.2) is 0 Å². The first kappa shape index (κ1) is 16.9. The predicted molar refractivity (Wildman–Crippen MR) is 79.3 cm³/mol. The van der Waals surface area contributed by atoms with Crippen molar-refractivity contribution in [3.8, 4) is 0 Å². The van der Waals surface area contributed by atoms with Crippen molar-refractivity contribution >= 4 is 21.8 Å². The van der Waals surface area contributed by atoms with Crippen molar-refractivity contribution < 1.29 is 14.3 Å². The molecule has 7 heteroatoms. The smallest absolute Gasteiger partial charge is 0.140 e. The zero-order valence-corrected chi connectivity index (χ0v) is 12.9. The van der Waals surface area contributed by atoms with E-state index < -0.39 is 0 Å². The molecule has 0 atom stereocenters. The minimum Gasteiger partial charge on any atom is -0.409 e. The summed E-state index contributed by atoms with van der Waals surface area (Å²) in [5, 5.41) is 11.5. The van der Waals surface area contributed by atoms with Crippen LogP contribution in [0.25, 0.3) is 0 Å². The van der Waals surface area contributed by atoms with Crippen LogP contribution in [0.4, 0.5) is 4.39 Å². The molecular formula is C13H19BrFN3O2. The van der Waals surface area contributed by atoms with Gasteiger partial charge in [-0.3, -0.25) is 4.90 Å². The lowest BCUT2D eigenvalue weighted by Gasteiger charge is -2.22. The van der Waals surface area contributed by atoms with Gasteiger partial charge in [0.1, 0.15) is 11.7 Å². The van der Waals surface area contributed by atoms with Crippen molar-refractivity contribution in [2.24, 2.45) is 10.9 Å². The molecule has 112 valence electrons. The molecular weight excluding hydrogens is 329 g/mol. The molecule has 0 aliphatic carbocycles. The van der Waals surface area contributed by atoms with E-state index in [1.54, 1.807) is 13.2 Å². The summed E-state index contributed by atoms with van der Waals surface area (Å²) in [7, 11) is 1.62. The molecule has 0 saturated heterocycles. The Balaban J connectivity index is 2.70. The lowest BCUT2D eigenvalue weighted by atomic mass is 10.2. The molecule has 0 aliphatic rings. The third kappa shape index (κ3) is 5.44. The fourth-order valence-electron chi connectivity index (χ4n) is 1.72. The molecule has 0 radical (unpaired) electrons. The quantitative estimate of drug-likeness (QED) is 0.327. The fourth-order valence-corrected chi connectivity index (χ4v) is 2.11. The highest BCUT2D eigenvalue weighted by Gasteiger charge is 2.11. The van der Waals surface area contributed by atoms with E-state index in [1.165, 1.54) is 6.07 Å². The van der Waals surface area contributed by atoms with Gasteiger partial charge >= 0.3 is 0 Å². The van der Waals surface area contributed by atoms with Crippen LogP contribution in [-0.2, 0) is 11.3 Å². The summed E-state index contributed by atoms with van der Waals surface area (Å²) in [5.41, 5.74) is 6.32. The molecule has 0 aromatic heterocycles. The first-order valence-corrected chi connectivity index (χ1v) is 6.98. The summed E-state index contributed by atoms with van der Waals surface area (Å²) >= 11 is 3.25. The zero-order valence-electron chi connectivity index (χ0n) is 11.4. The Morgan fingerprint density at radius 1 is 1.50 bits per heavy atom. The maximum atomic E-state index is 13.5. The third-order valence-corrected chi connectivity index (χ3v) is 3.74. The van der Waals surface area contributed by atoms with Gasteiger partial charge in [-0.05, 0) is 27.6 Å². The largest absolute Gasteiger partial charge is 0.409 e. The lowest BCUT2D eigenvalue weighted by Crippen LogP contribution is -2.31. The van der Waals surface area contributed by atoms with E-state index >= 15 is 0 Å². The minimum atomic E-state index is -0.286. The Hall–Kier alpha value is -1.18. The van der Waals surface area contributed by atoms with Crippen LogP contribution in [0.3, 0.4) is 0 Å². The highest BCUT2D eigenvalue weighted by atomic mass is 79.9. The van der Waals surface area contributed by atoms with Crippen molar-refractivity contribution in [2.45, 2.75) is 13.0 Å². The monoisotopic (exact) mass is 347 g/mol. The van der Waals surface area contributed by atoms with Gasteiger partial charge in [-0.25, -0.2) is 4.39 Å². The molecule has 0 unspecified atom stereocenters. The van der Waals surface area contributed by atoms with E-state index in [4.69, 9.17) is 15.7 Å². The van der Waals surface area contributed by atoms with Crippen LogP contribution >= 0.6 is 15.9 Å². The molecule has 1 aromatic rings. The molecule has 0 bridgehead atoms. The summed E-state index contributed by atoms with van der Waals surface area (Å²) in [6, 6.07) is 4.94. The average Bonchev–Trinajstić information content (AvgIpc) is 2.45. The van der Waals surface area contributed by atoms with E-state index in [0.717, 1.165) is 5.56 Å². The number of hydrogen-bond acceptors (Lipinski definition) is 4. The number of halogens is 2. The average molecular weight is 348 g/mol. The second-order valence-electron chi connectivity index (χ2n) is 4.32. The number of ether oxygens (including phenoxy) is 1. The van der Waals surface area contributed by atoms with Crippen molar-refractivity contribution in [3.05, 3.63) is 34.1 Å². The van der Waals surface area contributed by atoms with Gasteiger partial charge in [0.05, 0.1) is 11.1 Å². The van der Waals surface area contributed by atoms with Crippen LogP contribution < -0.4 is 5.73 Å². The van der Waals surface area contributed by atoms with E-state index in [-0.39, 0.29) is 11.7 Å². The van der Waals surface area contributed by atoms with E-state index in [9.17, 15) is 4.39 Å². The van der Waals surface area contributed by atoms with Crippen molar-refractivity contribution in [2.75, 3.05) is 26.8 Å². The van der Waals surface area contributed by atoms with E-state index in [1.807, 2.05) is 6.07 Å². The SMILES string of the molecule is COCCN(CC/C(N)=N/O)Cc1cccc(F)c1Br. The zero-order chi connectivity index (χ0) is 15.0. The molecule has 1 rings (SSSR count). The first-order chi connectivity index (χ1) is 9.58. The van der Waals surface area contributed by atoms with Gasteiger partial charge in [-0.1, -0.05) is 17.3 Å². The van der Waals surface area contributed by atoms with Gasteiger partial charge in [0.25, 0.3) is 0 Å². The molecule has 0 amide bonds. The van der Waals surface area contributed by atoms with Gasteiger partial charge < -0.3 is 15.7 Å². The highest BCUT2D eigenvalue weighted by Crippen LogP contribution is 2.21. The second kappa shape index (κ2) is 8.89. The number of nitrogens with two attached hydrogens (primary N) is 1. The maximum Gasteiger partial charge on any atom is 0.140 e. The Bertz CT molecular complexity index is 457. The molecule has 0 heterocycles. The van der Waals surface area contributed by atoms with Crippen LogP contribution in [0.15, 0.2) is 27.8 Å². The summed E-state index contributed by atoms with van der Waals surface area (Å²) in [6.07, 6.45) is 0.438. The Morgan fingerprint density at radius 3 is 2.90 bits per heavy atom. The Morgan fingerprint density at radius 2 is 2.25 bits per heavy atom. The summed E-state index contributed by atoms with van der Waals surface area (Å²) in [6.45, 7) is 2.39. The molecule has 1 aromatic carbocycles. The molecule has 20 heavy (non-hydrogen) atoms. The van der Waals surface area contributed by atoms with Crippen molar-refractivity contribution in [1.29, 1.82) is 0 Å². The normalized spacial score (nSPS) is 12.1. The van der Waals surface area contributed by atoms with Crippen LogP contribution in [0, 0.1) is 5.82 Å².